The van der Waals surface area contributed by atoms with Crippen molar-refractivity contribution in [2.45, 2.75) is 20.0 Å². The maximum atomic E-state index is 5.74. The summed E-state index contributed by atoms with van der Waals surface area (Å²) < 4.78 is 11.3. The Bertz CT molecular complexity index is 573. The molecule has 0 amide bonds. The third-order valence-corrected chi connectivity index (χ3v) is 2.62. The van der Waals surface area contributed by atoms with E-state index >= 15 is 0 Å². The minimum atomic E-state index is 0.0916. The average Bonchev–Trinajstić information content (AvgIpc) is 2.47. The normalized spacial score (nSPS) is 10.5. The van der Waals surface area contributed by atoms with E-state index in [9.17, 15) is 0 Å². The van der Waals surface area contributed by atoms with Crippen molar-refractivity contribution in [2.24, 2.45) is 5.73 Å². The summed E-state index contributed by atoms with van der Waals surface area (Å²) in [5, 5.41) is 3.25. The molecule has 0 saturated heterocycles. The Morgan fingerprint density at radius 3 is 2.86 bits per heavy atom. The first-order valence-electron chi connectivity index (χ1n) is 7.00. The van der Waals surface area contributed by atoms with Crippen LogP contribution in [0.4, 0.5) is 11.5 Å². The number of hydrogen-bond acceptors (Lipinski definition) is 5. The van der Waals surface area contributed by atoms with Gasteiger partial charge in [-0.25, -0.2) is 4.98 Å². The highest BCUT2D eigenvalue weighted by Gasteiger charge is 2.07. The topological polar surface area (TPSA) is 69.4 Å². The third kappa shape index (κ3) is 4.65. The van der Waals surface area contributed by atoms with Gasteiger partial charge in [-0.15, -0.1) is 0 Å². The highest BCUT2D eigenvalue weighted by atomic mass is 16.5. The van der Waals surface area contributed by atoms with Crippen molar-refractivity contribution in [3.63, 3.8) is 0 Å². The van der Waals surface area contributed by atoms with Crippen LogP contribution in [0, 0.1) is 0 Å². The number of aromatic nitrogens is 1. The predicted octanol–water partition coefficient (Wildman–Crippen LogP) is 2.95. The number of nitrogens with two attached hydrogens (primary N) is 1. The van der Waals surface area contributed by atoms with Crippen LogP contribution in [0.1, 0.15) is 13.8 Å². The molecule has 0 atom stereocenters. The van der Waals surface area contributed by atoms with Crippen LogP contribution in [-0.2, 0) is 0 Å². The molecule has 0 aliphatic heterocycles. The molecule has 112 valence electrons. The monoisotopic (exact) mass is 287 g/mol. The van der Waals surface area contributed by atoms with Crippen molar-refractivity contribution in [3.8, 4) is 11.5 Å². The molecule has 0 saturated carbocycles. The van der Waals surface area contributed by atoms with Gasteiger partial charge in [0.05, 0.1) is 6.10 Å². The zero-order chi connectivity index (χ0) is 15.1. The van der Waals surface area contributed by atoms with Gasteiger partial charge in [0.2, 0.25) is 0 Å². The molecule has 1 aromatic heterocycles. The Morgan fingerprint density at radius 2 is 2.10 bits per heavy atom. The number of ether oxygens (including phenoxy) is 2. The van der Waals surface area contributed by atoms with Crippen LogP contribution in [0.3, 0.4) is 0 Å². The van der Waals surface area contributed by atoms with Crippen molar-refractivity contribution in [1.82, 2.24) is 4.98 Å². The van der Waals surface area contributed by atoms with E-state index in [2.05, 4.69) is 10.3 Å². The number of hydrogen-bond donors (Lipinski definition) is 2. The summed E-state index contributed by atoms with van der Waals surface area (Å²) in [6.45, 7) is 4.95. The Kier molecular flexibility index (Phi) is 5.40. The van der Waals surface area contributed by atoms with E-state index in [-0.39, 0.29) is 6.10 Å². The quantitative estimate of drug-likeness (QED) is 0.819. The number of pyridine rings is 1. The van der Waals surface area contributed by atoms with Gasteiger partial charge in [0.25, 0.3) is 0 Å². The zero-order valence-corrected chi connectivity index (χ0v) is 12.4. The summed E-state index contributed by atoms with van der Waals surface area (Å²) >= 11 is 0. The number of rotatable bonds is 7. The first-order chi connectivity index (χ1) is 10.2. The molecular weight excluding hydrogens is 266 g/mol. The average molecular weight is 287 g/mol. The minimum absolute atomic E-state index is 0.0916. The van der Waals surface area contributed by atoms with Gasteiger partial charge >= 0.3 is 0 Å². The van der Waals surface area contributed by atoms with Crippen molar-refractivity contribution in [3.05, 3.63) is 42.6 Å². The van der Waals surface area contributed by atoms with Crippen LogP contribution in [0.25, 0.3) is 0 Å². The molecule has 0 aliphatic rings. The van der Waals surface area contributed by atoms with E-state index in [1.165, 1.54) is 0 Å². The van der Waals surface area contributed by atoms with E-state index in [1.807, 2.05) is 50.2 Å². The highest BCUT2D eigenvalue weighted by Crippen LogP contribution is 2.27. The standard InChI is InChI=1S/C16H21N3O2/c1-12(2)21-15-7-4-9-18-16(15)19-13-5-3-6-14(11-13)20-10-8-17/h3-7,9,11-12H,8,10,17H2,1-2H3,(H,18,19). The van der Waals surface area contributed by atoms with Crippen molar-refractivity contribution in [2.75, 3.05) is 18.5 Å². The molecule has 0 radical (unpaired) electrons. The van der Waals surface area contributed by atoms with Gasteiger partial charge in [0, 0.05) is 24.5 Å². The van der Waals surface area contributed by atoms with Crippen LogP contribution < -0.4 is 20.5 Å². The van der Waals surface area contributed by atoms with Crippen LogP contribution in [0.15, 0.2) is 42.6 Å². The summed E-state index contributed by atoms with van der Waals surface area (Å²) in [6, 6.07) is 11.4. The van der Waals surface area contributed by atoms with Gasteiger partial charge in [-0.05, 0) is 38.1 Å². The van der Waals surface area contributed by atoms with Crippen molar-refractivity contribution < 1.29 is 9.47 Å². The lowest BCUT2D eigenvalue weighted by molar-refractivity contribution is 0.243. The summed E-state index contributed by atoms with van der Waals surface area (Å²) in [5.74, 6) is 2.18. The van der Waals surface area contributed by atoms with E-state index in [0.29, 0.717) is 19.0 Å². The van der Waals surface area contributed by atoms with Gasteiger partial charge in [0.1, 0.15) is 12.4 Å². The first-order valence-corrected chi connectivity index (χ1v) is 7.00. The second-order valence-corrected chi connectivity index (χ2v) is 4.81. The SMILES string of the molecule is CC(C)Oc1cccnc1Nc1cccc(OCCN)c1. The Balaban J connectivity index is 2.14. The third-order valence-electron chi connectivity index (χ3n) is 2.62. The molecule has 0 aliphatic carbocycles. The van der Waals surface area contributed by atoms with Crippen molar-refractivity contribution in [1.29, 1.82) is 0 Å². The summed E-state index contributed by atoms with van der Waals surface area (Å²) in [6.07, 6.45) is 1.82. The minimum Gasteiger partial charge on any atom is -0.492 e. The smallest absolute Gasteiger partial charge is 0.173 e. The maximum absolute atomic E-state index is 5.74. The molecule has 21 heavy (non-hydrogen) atoms. The first kappa shape index (κ1) is 15.1. The Hall–Kier alpha value is -2.27. The lowest BCUT2D eigenvalue weighted by atomic mass is 10.3. The number of nitrogens with one attached hydrogen (secondary N) is 1. The lowest BCUT2D eigenvalue weighted by Gasteiger charge is -2.15. The van der Waals surface area contributed by atoms with Gasteiger partial charge in [0.15, 0.2) is 11.6 Å². The van der Waals surface area contributed by atoms with E-state index in [1.54, 1.807) is 6.20 Å². The molecule has 2 rings (SSSR count). The summed E-state index contributed by atoms with van der Waals surface area (Å²) in [7, 11) is 0. The lowest BCUT2D eigenvalue weighted by Crippen LogP contribution is -2.10. The molecular formula is C16H21N3O2. The van der Waals surface area contributed by atoms with Crippen LogP contribution in [0.2, 0.25) is 0 Å². The molecule has 2 aromatic rings. The van der Waals surface area contributed by atoms with E-state index in [0.717, 1.165) is 17.2 Å². The Morgan fingerprint density at radius 1 is 1.24 bits per heavy atom. The molecule has 5 nitrogen and oxygen atoms in total. The van der Waals surface area contributed by atoms with E-state index in [4.69, 9.17) is 15.2 Å². The molecule has 0 spiro atoms. The number of nitrogens with zero attached hydrogens (tertiary/aromatic N) is 1. The maximum Gasteiger partial charge on any atom is 0.173 e. The van der Waals surface area contributed by atoms with Crippen LogP contribution >= 0.6 is 0 Å². The van der Waals surface area contributed by atoms with Crippen LogP contribution in [0.5, 0.6) is 11.5 Å². The fourth-order valence-electron chi connectivity index (χ4n) is 1.81. The van der Waals surface area contributed by atoms with Crippen LogP contribution in [-0.4, -0.2) is 24.2 Å². The van der Waals surface area contributed by atoms with Crippen molar-refractivity contribution >= 4 is 11.5 Å². The fourth-order valence-corrected chi connectivity index (χ4v) is 1.81. The van der Waals surface area contributed by atoms with Gasteiger partial charge in [-0.2, -0.15) is 0 Å². The summed E-state index contributed by atoms with van der Waals surface area (Å²) in [5.41, 5.74) is 6.32. The molecule has 0 bridgehead atoms. The van der Waals surface area contributed by atoms with E-state index < -0.39 is 0 Å². The second-order valence-electron chi connectivity index (χ2n) is 4.81. The molecule has 1 heterocycles. The molecule has 3 N–H and O–H groups in total. The fraction of sp³-hybridized carbons (Fsp3) is 0.312. The largest absolute Gasteiger partial charge is 0.492 e. The summed E-state index contributed by atoms with van der Waals surface area (Å²) in [4.78, 5) is 4.32. The zero-order valence-electron chi connectivity index (χ0n) is 12.4. The molecule has 0 fully saturated rings. The van der Waals surface area contributed by atoms with Gasteiger partial charge in [-0.3, -0.25) is 0 Å². The van der Waals surface area contributed by atoms with Gasteiger partial charge in [-0.1, -0.05) is 6.07 Å². The second kappa shape index (κ2) is 7.50. The Labute approximate surface area is 125 Å². The highest BCUT2D eigenvalue weighted by molar-refractivity contribution is 5.63. The predicted molar refractivity (Wildman–Crippen MR) is 84.3 cm³/mol. The molecule has 5 heteroatoms. The van der Waals surface area contributed by atoms with Gasteiger partial charge < -0.3 is 20.5 Å². The molecule has 0 unspecified atom stereocenters. The number of benzene rings is 1. The molecule has 1 aromatic carbocycles. The number of anilines is 2.